The molecule has 3 nitrogen and oxygen atoms in total. The number of aromatic nitrogens is 3. The van der Waals surface area contributed by atoms with Crippen molar-refractivity contribution >= 4 is 38.6 Å². The van der Waals surface area contributed by atoms with Gasteiger partial charge in [0, 0.05) is 34.0 Å². The van der Waals surface area contributed by atoms with Crippen LogP contribution in [0.1, 0.15) is 0 Å². The third-order valence-electron chi connectivity index (χ3n) is 2.49. The molecule has 0 saturated heterocycles. The molecule has 84 valence electrons. The number of rotatable bonds is 1. The van der Waals surface area contributed by atoms with Crippen LogP contribution in [-0.4, -0.2) is 15.0 Å². The number of fused-ring (bicyclic) bond motifs is 1. The van der Waals surface area contributed by atoms with Gasteiger partial charge in [-0.2, -0.15) is 0 Å². The first-order valence-corrected chi connectivity index (χ1v) is 6.15. The fourth-order valence-electron chi connectivity index (χ4n) is 1.71. The number of hydrogen-bond donors (Lipinski definition) is 1. The van der Waals surface area contributed by atoms with Gasteiger partial charge in [0.05, 0.1) is 10.7 Å². The Morgan fingerprint density at radius 2 is 2.12 bits per heavy atom. The Bertz CT molecular complexity index is 693. The van der Waals surface area contributed by atoms with Crippen molar-refractivity contribution in [1.82, 2.24) is 15.0 Å². The zero-order chi connectivity index (χ0) is 11.8. The highest BCUT2D eigenvalue weighted by Crippen LogP contribution is 2.29. The lowest BCUT2D eigenvalue weighted by molar-refractivity contribution is 1.29. The van der Waals surface area contributed by atoms with Gasteiger partial charge in [0.15, 0.2) is 0 Å². The second-order valence-electron chi connectivity index (χ2n) is 3.63. The quantitative estimate of drug-likeness (QED) is 0.737. The molecule has 3 rings (SSSR count). The van der Waals surface area contributed by atoms with E-state index in [0.29, 0.717) is 5.02 Å². The largest absolute Gasteiger partial charge is 0.339 e. The van der Waals surface area contributed by atoms with Crippen LogP contribution in [0.3, 0.4) is 0 Å². The van der Waals surface area contributed by atoms with Crippen molar-refractivity contribution in [3.8, 4) is 11.3 Å². The predicted octanol–water partition coefficient (Wildman–Crippen LogP) is 4.04. The van der Waals surface area contributed by atoms with E-state index in [1.807, 2.05) is 12.1 Å². The average molecular weight is 309 g/mol. The van der Waals surface area contributed by atoms with E-state index >= 15 is 0 Å². The van der Waals surface area contributed by atoms with E-state index in [1.54, 1.807) is 24.7 Å². The predicted molar refractivity (Wildman–Crippen MR) is 72.0 cm³/mol. The molecule has 5 heteroatoms. The maximum absolute atomic E-state index is 6.13. The van der Waals surface area contributed by atoms with Gasteiger partial charge in [-0.3, -0.25) is 4.98 Å². The molecule has 0 amide bonds. The van der Waals surface area contributed by atoms with Crippen LogP contribution in [0, 0.1) is 0 Å². The van der Waals surface area contributed by atoms with Crippen LogP contribution < -0.4 is 0 Å². The highest BCUT2D eigenvalue weighted by molar-refractivity contribution is 9.10. The zero-order valence-electron chi connectivity index (χ0n) is 8.61. The highest BCUT2D eigenvalue weighted by Gasteiger charge is 2.07. The van der Waals surface area contributed by atoms with Gasteiger partial charge in [0.25, 0.3) is 0 Å². The summed E-state index contributed by atoms with van der Waals surface area (Å²) in [6.45, 7) is 0. The van der Waals surface area contributed by atoms with Crippen LogP contribution in [0.4, 0.5) is 0 Å². The van der Waals surface area contributed by atoms with Gasteiger partial charge in [-0.05, 0) is 34.1 Å². The summed E-state index contributed by atoms with van der Waals surface area (Å²) in [7, 11) is 0. The van der Waals surface area contributed by atoms with Gasteiger partial charge in [-0.1, -0.05) is 11.6 Å². The molecule has 3 aromatic rings. The summed E-state index contributed by atoms with van der Waals surface area (Å²) >= 11 is 9.53. The van der Waals surface area contributed by atoms with E-state index in [4.69, 9.17) is 11.6 Å². The maximum atomic E-state index is 6.13. The standard InChI is InChI=1S/C12H7BrClN3/c13-8-3-7-4-11(17-12(7)16-5-8)9-6-15-2-1-10(9)14/h1-6H,(H,16,17). The van der Waals surface area contributed by atoms with E-state index in [1.165, 1.54) is 0 Å². The number of nitrogens with zero attached hydrogens (tertiary/aromatic N) is 2. The summed E-state index contributed by atoms with van der Waals surface area (Å²) in [6, 6.07) is 5.79. The number of hydrogen-bond acceptors (Lipinski definition) is 2. The Hall–Kier alpha value is -1.39. The number of H-pyrrole nitrogens is 1. The third-order valence-corrected chi connectivity index (χ3v) is 3.26. The molecule has 1 N–H and O–H groups in total. The Balaban J connectivity index is 2.22. The van der Waals surface area contributed by atoms with E-state index in [9.17, 15) is 0 Å². The van der Waals surface area contributed by atoms with Crippen LogP contribution in [0.2, 0.25) is 5.02 Å². The van der Waals surface area contributed by atoms with Crippen LogP contribution >= 0.6 is 27.5 Å². The Labute approximate surface area is 111 Å². The van der Waals surface area contributed by atoms with Crippen LogP contribution in [0.15, 0.2) is 41.3 Å². The fraction of sp³-hybridized carbons (Fsp3) is 0. The van der Waals surface area contributed by atoms with Gasteiger partial charge in [0.2, 0.25) is 0 Å². The van der Waals surface area contributed by atoms with E-state index in [0.717, 1.165) is 26.8 Å². The lowest BCUT2D eigenvalue weighted by atomic mass is 10.2. The summed E-state index contributed by atoms with van der Waals surface area (Å²) in [5.41, 5.74) is 2.63. The van der Waals surface area contributed by atoms with Gasteiger partial charge in [0.1, 0.15) is 5.65 Å². The normalized spacial score (nSPS) is 10.9. The number of aromatic amines is 1. The van der Waals surface area contributed by atoms with Crippen molar-refractivity contribution in [3.63, 3.8) is 0 Å². The van der Waals surface area contributed by atoms with Crippen molar-refractivity contribution in [1.29, 1.82) is 0 Å². The fourth-order valence-corrected chi connectivity index (χ4v) is 2.27. The molecule has 3 heterocycles. The molecule has 0 fully saturated rings. The third kappa shape index (κ3) is 1.94. The highest BCUT2D eigenvalue weighted by atomic mass is 79.9. The van der Waals surface area contributed by atoms with Crippen molar-refractivity contribution in [2.45, 2.75) is 0 Å². The number of pyridine rings is 2. The minimum atomic E-state index is 0.672. The molecule has 0 atom stereocenters. The lowest BCUT2D eigenvalue weighted by Crippen LogP contribution is -1.81. The van der Waals surface area contributed by atoms with E-state index < -0.39 is 0 Å². The van der Waals surface area contributed by atoms with Gasteiger partial charge >= 0.3 is 0 Å². The summed E-state index contributed by atoms with van der Waals surface area (Å²) in [4.78, 5) is 11.6. The first-order chi connectivity index (χ1) is 8.24. The molecular formula is C12H7BrClN3. The topological polar surface area (TPSA) is 41.6 Å². The molecule has 0 unspecified atom stereocenters. The van der Waals surface area contributed by atoms with Crippen LogP contribution in [-0.2, 0) is 0 Å². The number of halogens is 2. The van der Waals surface area contributed by atoms with Crippen molar-refractivity contribution < 1.29 is 0 Å². The molecule has 0 aliphatic rings. The van der Waals surface area contributed by atoms with Gasteiger partial charge in [-0.25, -0.2) is 4.98 Å². The molecule has 17 heavy (non-hydrogen) atoms. The Kier molecular flexibility index (Phi) is 2.61. The SMILES string of the molecule is Clc1ccncc1-c1cc2cc(Br)cnc2[nH]1. The summed E-state index contributed by atoms with van der Waals surface area (Å²) in [5.74, 6) is 0. The zero-order valence-corrected chi connectivity index (χ0v) is 11.0. The van der Waals surface area contributed by atoms with E-state index in [-0.39, 0.29) is 0 Å². The van der Waals surface area contributed by atoms with Gasteiger partial charge in [-0.15, -0.1) is 0 Å². The van der Waals surface area contributed by atoms with E-state index in [2.05, 4.69) is 30.9 Å². The molecule has 0 bridgehead atoms. The second-order valence-corrected chi connectivity index (χ2v) is 4.95. The molecule has 0 aliphatic heterocycles. The first kappa shape index (κ1) is 10.7. The summed E-state index contributed by atoms with van der Waals surface area (Å²) in [5, 5.41) is 1.71. The summed E-state index contributed by atoms with van der Waals surface area (Å²) < 4.78 is 0.952. The molecule has 0 aliphatic carbocycles. The van der Waals surface area contributed by atoms with Gasteiger partial charge < -0.3 is 4.98 Å². The monoisotopic (exact) mass is 307 g/mol. The molecule has 0 saturated carbocycles. The summed E-state index contributed by atoms with van der Waals surface area (Å²) in [6.07, 6.45) is 5.17. The van der Waals surface area contributed by atoms with Crippen molar-refractivity contribution in [2.75, 3.05) is 0 Å². The maximum Gasteiger partial charge on any atom is 0.137 e. The first-order valence-electron chi connectivity index (χ1n) is 4.98. The Morgan fingerprint density at radius 3 is 2.94 bits per heavy atom. The molecule has 0 spiro atoms. The van der Waals surface area contributed by atoms with Crippen molar-refractivity contribution in [3.05, 3.63) is 46.3 Å². The molecule has 0 radical (unpaired) electrons. The number of nitrogens with one attached hydrogen (secondary N) is 1. The minimum absolute atomic E-state index is 0.672. The van der Waals surface area contributed by atoms with Crippen LogP contribution in [0.25, 0.3) is 22.3 Å². The Morgan fingerprint density at radius 1 is 1.24 bits per heavy atom. The molecule has 0 aromatic carbocycles. The second kappa shape index (κ2) is 4.13. The van der Waals surface area contributed by atoms with Crippen molar-refractivity contribution in [2.24, 2.45) is 0 Å². The molecular weight excluding hydrogens is 302 g/mol. The smallest absolute Gasteiger partial charge is 0.137 e. The van der Waals surface area contributed by atoms with Crippen LogP contribution in [0.5, 0.6) is 0 Å². The molecule has 3 aromatic heterocycles. The minimum Gasteiger partial charge on any atom is -0.339 e. The lowest BCUT2D eigenvalue weighted by Gasteiger charge is -1.98. The average Bonchev–Trinajstić information content (AvgIpc) is 2.72.